The van der Waals surface area contributed by atoms with Gasteiger partial charge in [-0.05, 0) is 148 Å². The van der Waals surface area contributed by atoms with Crippen molar-refractivity contribution in [3.05, 3.63) is 182 Å². The van der Waals surface area contributed by atoms with E-state index < -0.39 is 6.10 Å². The third-order valence-corrected chi connectivity index (χ3v) is 13.4. The Morgan fingerprint density at radius 2 is 0.494 bits per heavy atom. The molecule has 0 aliphatic rings. The van der Waals surface area contributed by atoms with Gasteiger partial charge in [0.2, 0.25) is 0 Å². The average molecular weight is 1140 g/mol. The molecule has 0 fully saturated rings. The van der Waals surface area contributed by atoms with Gasteiger partial charge in [0.05, 0.1) is 0 Å². The summed E-state index contributed by atoms with van der Waals surface area (Å²) in [6.07, 6.45) is 103. The molecule has 0 aliphatic carbocycles. The first-order valence-corrected chi connectivity index (χ1v) is 33.3. The van der Waals surface area contributed by atoms with Crippen LogP contribution in [0.3, 0.4) is 0 Å². The zero-order chi connectivity index (χ0) is 59.9. The van der Waals surface area contributed by atoms with Crippen LogP contribution in [0, 0.1) is 0 Å². The zero-order valence-corrected chi connectivity index (χ0v) is 53.1. The summed E-state index contributed by atoms with van der Waals surface area (Å²) < 4.78 is 16.8. The van der Waals surface area contributed by atoms with Crippen LogP contribution in [0.2, 0.25) is 0 Å². The van der Waals surface area contributed by atoms with Crippen molar-refractivity contribution in [1.29, 1.82) is 0 Å². The molecule has 0 rings (SSSR count). The molecular weight excluding hydrogens is 1020 g/mol. The van der Waals surface area contributed by atoms with E-state index in [1.165, 1.54) is 64.2 Å². The van der Waals surface area contributed by atoms with Gasteiger partial charge in [-0.3, -0.25) is 14.4 Å². The molecule has 1 unspecified atom stereocenters. The topological polar surface area (TPSA) is 78.9 Å². The predicted octanol–water partition coefficient (Wildman–Crippen LogP) is 23.2. The Kier molecular flexibility index (Phi) is 64.4. The standard InChI is InChI=1S/C77H120O6/c1-4-7-10-13-16-19-22-25-27-29-31-33-34-35-36-37-38-39-40-41-42-44-45-47-49-52-55-58-61-64-67-70-76(79)82-73-74(72-81-75(78)69-66-63-60-57-54-51-24-21-18-15-12-9-6-3)83-77(80)71-68-65-62-59-56-53-50-48-46-43-32-30-28-26-23-20-17-14-11-8-5-2/h7,9-10,12,16,18-19,21,23,25-27,30-33,35-36,38-39,41-42,45-48,51,54,60,63,74H,4-6,8,11,13-15,17,20,22,24,28-29,34,37,40,43-44,49-50,52-53,55-59,61-62,64-73H2,1-3H3/b10-7-,12-9-,19-16-,21-18-,26-23-,27-25-,32-30-,33-31-,36-35-,39-38-,42-41-,47-45-,48-46-,54-51-,63-60-. The van der Waals surface area contributed by atoms with E-state index in [-0.39, 0.29) is 44.0 Å². The first-order chi connectivity index (χ1) is 41.0. The number of hydrogen-bond donors (Lipinski definition) is 0. The predicted molar refractivity (Wildman–Crippen MR) is 361 cm³/mol. The lowest BCUT2D eigenvalue weighted by molar-refractivity contribution is -0.166. The van der Waals surface area contributed by atoms with Gasteiger partial charge >= 0.3 is 17.9 Å². The Bertz CT molecular complexity index is 1940. The number of esters is 3. The van der Waals surface area contributed by atoms with Gasteiger partial charge in [-0.1, -0.05) is 280 Å². The van der Waals surface area contributed by atoms with E-state index >= 15 is 0 Å². The first-order valence-electron chi connectivity index (χ1n) is 33.3. The van der Waals surface area contributed by atoms with Crippen molar-refractivity contribution in [2.45, 2.75) is 271 Å². The van der Waals surface area contributed by atoms with E-state index in [1.54, 1.807) is 0 Å². The third-order valence-electron chi connectivity index (χ3n) is 13.4. The Labute approximate surface area is 510 Å². The van der Waals surface area contributed by atoms with E-state index in [1.807, 2.05) is 12.2 Å². The minimum absolute atomic E-state index is 0.122. The molecule has 0 radical (unpaired) electrons. The summed E-state index contributed by atoms with van der Waals surface area (Å²) in [7, 11) is 0. The second-order valence-corrected chi connectivity index (χ2v) is 21.3. The Morgan fingerprint density at radius 3 is 0.807 bits per heavy atom. The number of allylic oxidation sites excluding steroid dienone is 30. The summed E-state index contributed by atoms with van der Waals surface area (Å²) in [5, 5.41) is 0. The van der Waals surface area contributed by atoms with Crippen LogP contribution >= 0.6 is 0 Å². The number of rotatable bonds is 58. The Balaban J connectivity index is 4.44. The first kappa shape index (κ1) is 77.5. The highest BCUT2D eigenvalue weighted by Crippen LogP contribution is 2.14. The van der Waals surface area contributed by atoms with Crippen LogP contribution in [0.25, 0.3) is 0 Å². The normalized spacial score (nSPS) is 13.3. The van der Waals surface area contributed by atoms with Crippen LogP contribution in [-0.2, 0) is 28.6 Å². The van der Waals surface area contributed by atoms with Crippen LogP contribution in [0.4, 0.5) is 0 Å². The number of hydrogen-bond acceptors (Lipinski definition) is 6. The summed E-state index contributed by atoms with van der Waals surface area (Å²) >= 11 is 0. The van der Waals surface area contributed by atoms with E-state index in [0.29, 0.717) is 12.8 Å². The second kappa shape index (κ2) is 69.0. The van der Waals surface area contributed by atoms with E-state index in [9.17, 15) is 14.4 Å². The van der Waals surface area contributed by atoms with Crippen LogP contribution in [0.15, 0.2) is 182 Å². The van der Waals surface area contributed by atoms with E-state index in [0.717, 1.165) is 154 Å². The van der Waals surface area contributed by atoms with Gasteiger partial charge in [-0.2, -0.15) is 0 Å². The fourth-order valence-electron chi connectivity index (χ4n) is 8.48. The molecule has 0 aromatic rings. The minimum atomic E-state index is -0.832. The zero-order valence-electron chi connectivity index (χ0n) is 53.1. The molecule has 0 aromatic carbocycles. The molecule has 0 saturated heterocycles. The van der Waals surface area contributed by atoms with Crippen molar-refractivity contribution in [3.63, 3.8) is 0 Å². The summed E-state index contributed by atoms with van der Waals surface area (Å²) in [6.45, 7) is 6.30. The van der Waals surface area contributed by atoms with Gasteiger partial charge < -0.3 is 14.2 Å². The van der Waals surface area contributed by atoms with Gasteiger partial charge in [0.1, 0.15) is 13.2 Å². The van der Waals surface area contributed by atoms with Crippen molar-refractivity contribution in [2.24, 2.45) is 0 Å². The van der Waals surface area contributed by atoms with Crippen molar-refractivity contribution >= 4 is 17.9 Å². The smallest absolute Gasteiger partial charge is 0.306 e. The van der Waals surface area contributed by atoms with Crippen molar-refractivity contribution in [2.75, 3.05) is 13.2 Å². The van der Waals surface area contributed by atoms with Crippen molar-refractivity contribution in [1.82, 2.24) is 0 Å². The fraction of sp³-hybridized carbons (Fsp3) is 0.571. The van der Waals surface area contributed by atoms with Gasteiger partial charge in [-0.25, -0.2) is 0 Å². The molecule has 0 aromatic heterocycles. The quantitative estimate of drug-likeness (QED) is 0.0261. The Hall–Kier alpha value is -5.49. The molecule has 0 saturated carbocycles. The molecule has 0 amide bonds. The summed E-state index contributed by atoms with van der Waals surface area (Å²) in [6, 6.07) is 0. The van der Waals surface area contributed by atoms with Gasteiger partial charge in [0, 0.05) is 19.3 Å². The molecular formula is C77H120O6. The van der Waals surface area contributed by atoms with Crippen LogP contribution in [0.1, 0.15) is 265 Å². The van der Waals surface area contributed by atoms with Gasteiger partial charge in [0.15, 0.2) is 6.10 Å². The molecule has 6 heteroatoms. The molecule has 464 valence electrons. The van der Waals surface area contributed by atoms with Crippen molar-refractivity contribution < 1.29 is 28.6 Å². The number of ether oxygens (including phenoxy) is 3. The maximum atomic E-state index is 12.9. The number of unbranched alkanes of at least 4 members (excludes halogenated alkanes) is 17. The second-order valence-electron chi connectivity index (χ2n) is 21.3. The largest absolute Gasteiger partial charge is 0.462 e. The molecule has 83 heavy (non-hydrogen) atoms. The molecule has 0 spiro atoms. The summed E-state index contributed by atoms with van der Waals surface area (Å²) in [4.78, 5) is 38.3. The van der Waals surface area contributed by atoms with Crippen LogP contribution < -0.4 is 0 Å². The Morgan fingerprint density at radius 1 is 0.253 bits per heavy atom. The maximum Gasteiger partial charge on any atom is 0.306 e. The third kappa shape index (κ3) is 67.2. The van der Waals surface area contributed by atoms with Crippen LogP contribution in [0.5, 0.6) is 0 Å². The van der Waals surface area contributed by atoms with E-state index in [4.69, 9.17) is 14.2 Å². The summed E-state index contributed by atoms with van der Waals surface area (Å²) in [5.74, 6) is -1.04. The lowest BCUT2D eigenvalue weighted by atomic mass is 10.1. The monoisotopic (exact) mass is 1140 g/mol. The lowest BCUT2D eigenvalue weighted by Gasteiger charge is -2.18. The highest BCUT2D eigenvalue weighted by Gasteiger charge is 2.19. The number of carbonyl (C=O) groups excluding carboxylic acids is 3. The SMILES string of the molecule is CC/C=C\C/C=C\C/C=C\C/C=C\C/C=C\C/C=C\C/C=C\C/C=C\CCCCCCCCC(=O)OCC(COC(=O)CC/C=C\C/C=C\C/C=C\C/C=C\CC)OC(=O)CCCCCCCC/C=C\C/C=C\C/C=C\CCCCCCC. The highest BCUT2D eigenvalue weighted by molar-refractivity contribution is 5.71. The molecule has 6 nitrogen and oxygen atoms in total. The fourth-order valence-corrected chi connectivity index (χ4v) is 8.48. The summed E-state index contributed by atoms with van der Waals surface area (Å²) in [5.41, 5.74) is 0. The van der Waals surface area contributed by atoms with Gasteiger partial charge in [0.25, 0.3) is 0 Å². The minimum Gasteiger partial charge on any atom is -0.462 e. The molecule has 0 aliphatic heterocycles. The molecule has 0 N–H and O–H groups in total. The lowest BCUT2D eigenvalue weighted by Crippen LogP contribution is -2.30. The van der Waals surface area contributed by atoms with Crippen molar-refractivity contribution in [3.8, 4) is 0 Å². The van der Waals surface area contributed by atoms with Gasteiger partial charge in [-0.15, -0.1) is 0 Å². The molecule has 0 heterocycles. The average Bonchev–Trinajstić information content (AvgIpc) is 3.49. The highest BCUT2D eigenvalue weighted by atomic mass is 16.6. The van der Waals surface area contributed by atoms with E-state index in [2.05, 4.69) is 191 Å². The maximum absolute atomic E-state index is 12.9. The number of carbonyl (C=O) groups is 3. The van der Waals surface area contributed by atoms with Crippen LogP contribution in [-0.4, -0.2) is 37.2 Å². The molecule has 1 atom stereocenters. The molecule has 0 bridgehead atoms.